The van der Waals surface area contributed by atoms with Crippen molar-refractivity contribution in [2.75, 3.05) is 33.4 Å². The molecular weight excluding hydrogens is 499 g/mol. The average Bonchev–Trinajstić information content (AvgIpc) is 2.87. The van der Waals surface area contributed by atoms with E-state index in [2.05, 4.69) is 18.7 Å². The van der Waals surface area contributed by atoms with Gasteiger partial charge < -0.3 is 4.74 Å². The monoisotopic (exact) mass is 554 g/mol. The summed E-state index contributed by atoms with van der Waals surface area (Å²) >= 11 is 0. The summed E-state index contributed by atoms with van der Waals surface area (Å²) in [5.41, 5.74) is 0. The number of nitrogens with zero attached hydrogens (tertiary/aromatic N) is 2. The first kappa shape index (κ1) is 29.3. The van der Waals surface area contributed by atoms with E-state index in [1.54, 1.807) is 0 Å². The average molecular weight is 555 g/mol. The highest BCUT2D eigenvalue weighted by Crippen LogP contribution is 2.50. The Kier molecular flexibility index (Phi) is 9.49. The molecule has 0 bridgehead atoms. The molecule has 5 nitrogen and oxygen atoms in total. The first-order valence-electron chi connectivity index (χ1n) is 16.1. The molecule has 0 spiro atoms. The lowest BCUT2D eigenvalue weighted by atomic mass is 9.60. The van der Waals surface area contributed by atoms with Gasteiger partial charge in [-0.15, -0.1) is 0 Å². The van der Waals surface area contributed by atoms with E-state index in [0.717, 1.165) is 49.7 Å². The predicted molar refractivity (Wildman–Crippen MR) is 152 cm³/mol. The number of alkyl halides is 1. The van der Waals surface area contributed by atoms with E-state index in [9.17, 15) is 12.8 Å². The summed E-state index contributed by atoms with van der Waals surface area (Å²) in [7, 11) is -1.61. The van der Waals surface area contributed by atoms with Crippen LogP contribution >= 0.6 is 0 Å². The van der Waals surface area contributed by atoms with Crippen molar-refractivity contribution < 1.29 is 17.5 Å². The van der Waals surface area contributed by atoms with Gasteiger partial charge in [0.25, 0.3) is 0 Å². The van der Waals surface area contributed by atoms with E-state index >= 15 is 0 Å². The third-order valence-corrected chi connectivity index (χ3v) is 14.6. The molecule has 2 aliphatic heterocycles. The van der Waals surface area contributed by atoms with Crippen LogP contribution in [0.2, 0.25) is 0 Å². The van der Waals surface area contributed by atoms with Gasteiger partial charge in [-0.3, -0.25) is 4.90 Å². The molecule has 5 rings (SSSR count). The van der Waals surface area contributed by atoms with E-state index in [0.29, 0.717) is 56.3 Å². The summed E-state index contributed by atoms with van der Waals surface area (Å²) < 4.78 is 49.4. The lowest BCUT2D eigenvalue weighted by Crippen LogP contribution is -2.71. The molecule has 7 heteroatoms. The van der Waals surface area contributed by atoms with Crippen LogP contribution < -0.4 is 0 Å². The van der Waals surface area contributed by atoms with Gasteiger partial charge in [0.05, 0.1) is 11.9 Å². The fraction of sp³-hybridized carbons (Fsp3) is 1.00. The molecule has 0 N–H and O–H groups in total. The lowest BCUT2D eigenvalue weighted by molar-refractivity contribution is -0.128. The standard InChI is InChI=1S/C31H55FN2O3S/c1-21-8-7-9-27(23(21)3)24-10-12-25(13-11-24)31-28-19-33(16-5-6-17-34(28)29(31)20-37-4)38(35,36)30-15-14-26(32)18-22(30)2/h21-31H,5-20H2,1-4H3/t21?,22?,23?,24?,25?,26?,27?,28-,29+,30?,31-/m0/s1. The Bertz CT molecular complexity index is 878. The van der Waals surface area contributed by atoms with Gasteiger partial charge in [-0.05, 0) is 112 Å². The number of ether oxygens (including phenoxy) is 1. The Labute approximate surface area is 232 Å². The van der Waals surface area contributed by atoms with Crippen molar-refractivity contribution in [3.8, 4) is 0 Å². The Morgan fingerprint density at radius 3 is 2.26 bits per heavy atom. The molecule has 9 atom stereocenters. The van der Waals surface area contributed by atoms with Crippen LogP contribution in [-0.2, 0) is 14.8 Å². The van der Waals surface area contributed by atoms with Gasteiger partial charge in [0.15, 0.2) is 0 Å². The molecule has 0 aromatic heterocycles. The van der Waals surface area contributed by atoms with Crippen LogP contribution in [0, 0.1) is 41.4 Å². The van der Waals surface area contributed by atoms with Crippen LogP contribution in [0.25, 0.3) is 0 Å². The van der Waals surface area contributed by atoms with Crippen molar-refractivity contribution in [3.05, 3.63) is 0 Å². The molecule has 3 aliphatic carbocycles. The van der Waals surface area contributed by atoms with E-state index in [4.69, 9.17) is 4.74 Å². The van der Waals surface area contributed by atoms with Gasteiger partial charge in [-0.25, -0.2) is 17.1 Å². The summed E-state index contributed by atoms with van der Waals surface area (Å²) in [6.45, 7) is 9.95. The third-order valence-electron chi connectivity index (χ3n) is 12.0. The van der Waals surface area contributed by atoms with E-state index in [1.165, 1.54) is 44.9 Å². The van der Waals surface area contributed by atoms with Crippen molar-refractivity contribution in [2.45, 2.75) is 121 Å². The molecule has 220 valence electrons. The topological polar surface area (TPSA) is 49.9 Å². The Hall–Kier alpha value is -0.240. The van der Waals surface area contributed by atoms with Crippen molar-refractivity contribution in [1.29, 1.82) is 0 Å². The summed E-state index contributed by atoms with van der Waals surface area (Å²) in [4.78, 5) is 2.59. The van der Waals surface area contributed by atoms with Gasteiger partial charge in [0, 0.05) is 32.3 Å². The number of fused-ring (bicyclic) bond motifs is 1. The van der Waals surface area contributed by atoms with Gasteiger partial charge >= 0.3 is 0 Å². The molecule has 38 heavy (non-hydrogen) atoms. The van der Waals surface area contributed by atoms with Crippen LogP contribution in [0.15, 0.2) is 0 Å². The first-order valence-corrected chi connectivity index (χ1v) is 17.6. The van der Waals surface area contributed by atoms with E-state index < -0.39 is 21.4 Å². The fourth-order valence-corrected chi connectivity index (χ4v) is 12.0. The van der Waals surface area contributed by atoms with Crippen LogP contribution in [0.4, 0.5) is 4.39 Å². The van der Waals surface area contributed by atoms with Crippen molar-refractivity contribution in [1.82, 2.24) is 9.21 Å². The van der Waals surface area contributed by atoms with E-state index in [1.807, 2.05) is 18.3 Å². The first-order chi connectivity index (χ1) is 18.2. The maximum absolute atomic E-state index is 14.0. The van der Waals surface area contributed by atoms with Gasteiger partial charge in [0.1, 0.15) is 6.17 Å². The molecule has 2 saturated heterocycles. The van der Waals surface area contributed by atoms with E-state index in [-0.39, 0.29) is 5.92 Å². The Morgan fingerprint density at radius 1 is 0.842 bits per heavy atom. The molecule has 0 amide bonds. The smallest absolute Gasteiger partial charge is 0.217 e. The highest BCUT2D eigenvalue weighted by molar-refractivity contribution is 7.89. The summed E-state index contributed by atoms with van der Waals surface area (Å²) in [5.74, 6) is 4.58. The van der Waals surface area contributed by atoms with Crippen LogP contribution in [0.1, 0.15) is 97.8 Å². The number of sulfonamides is 1. The molecule has 5 fully saturated rings. The molecule has 5 aliphatic rings. The highest BCUT2D eigenvalue weighted by atomic mass is 32.2. The maximum Gasteiger partial charge on any atom is 0.217 e. The van der Waals surface area contributed by atoms with Gasteiger partial charge in [-0.2, -0.15) is 0 Å². The molecule has 0 radical (unpaired) electrons. The second-order valence-electron chi connectivity index (χ2n) is 14.0. The zero-order valence-corrected chi connectivity index (χ0v) is 25.4. The number of halogens is 1. The molecule has 6 unspecified atom stereocenters. The van der Waals surface area contributed by atoms with Crippen LogP contribution in [0.3, 0.4) is 0 Å². The third kappa shape index (κ3) is 5.74. The zero-order valence-electron chi connectivity index (χ0n) is 24.6. The Morgan fingerprint density at radius 2 is 1.55 bits per heavy atom. The molecule has 2 heterocycles. The molecule has 0 aromatic rings. The second kappa shape index (κ2) is 12.3. The normalized spacial score (nSPS) is 46.0. The highest BCUT2D eigenvalue weighted by Gasteiger charge is 2.54. The maximum atomic E-state index is 14.0. The van der Waals surface area contributed by atoms with Crippen molar-refractivity contribution in [3.63, 3.8) is 0 Å². The fourth-order valence-electron chi connectivity index (χ4n) is 9.70. The van der Waals surface area contributed by atoms with Crippen LogP contribution in [-0.4, -0.2) is 74.5 Å². The minimum atomic E-state index is -3.43. The Balaban J connectivity index is 1.28. The summed E-state index contributed by atoms with van der Waals surface area (Å²) in [5, 5.41) is -0.425. The van der Waals surface area contributed by atoms with Crippen LogP contribution in [0.5, 0.6) is 0 Å². The number of hydrogen-bond donors (Lipinski definition) is 0. The molecule has 3 saturated carbocycles. The minimum Gasteiger partial charge on any atom is -0.383 e. The second-order valence-corrected chi connectivity index (χ2v) is 16.2. The zero-order chi connectivity index (χ0) is 27.0. The number of hydrogen-bond acceptors (Lipinski definition) is 4. The summed E-state index contributed by atoms with van der Waals surface area (Å²) in [6, 6.07) is 0.719. The summed E-state index contributed by atoms with van der Waals surface area (Å²) in [6.07, 6.45) is 11.8. The van der Waals surface area contributed by atoms with Gasteiger partial charge in [-0.1, -0.05) is 33.6 Å². The number of rotatable bonds is 6. The minimum absolute atomic E-state index is 0.108. The lowest BCUT2D eigenvalue weighted by Gasteiger charge is -2.60. The largest absolute Gasteiger partial charge is 0.383 e. The van der Waals surface area contributed by atoms with Gasteiger partial charge in [0.2, 0.25) is 10.0 Å². The van der Waals surface area contributed by atoms with Crippen molar-refractivity contribution >= 4 is 10.0 Å². The van der Waals surface area contributed by atoms with Crippen molar-refractivity contribution in [2.24, 2.45) is 41.4 Å². The predicted octanol–water partition coefficient (Wildman–Crippen LogP) is 6.13. The SMILES string of the molecule is COC[C@@H]1[C@@H](C2CCC(C3CCCC(C)C3C)CC2)[C@@H]2CN(S(=O)(=O)C3CCC(F)CC3C)CCCCN12. The molecular formula is C31H55FN2O3S. The molecule has 0 aromatic carbocycles. The quantitative estimate of drug-likeness (QED) is 0.396. The number of methoxy groups -OCH3 is 1.